The Balaban J connectivity index is 1.74. The molecule has 10 nitrogen and oxygen atoms in total. The maximum absolute atomic E-state index is 12.5. The number of aromatic nitrogens is 1. The Bertz CT molecular complexity index is 1030. The van der Waals surface area contributed by atoms with Crippen LogP contribution < -0.4 is 26.8 Å². The fourth-order valence-electron chi connectivity index (χ4n) is 2.94. The molecule has 1 aromatic carbocycles. The molecule has 2 aromatic rings. The average molecular weight is 537 g/mol. The third kappa shape index (κ3) is 8.79. The molecule has 0 spiro atoms. The van der Waals surface area contributed by atoms with E-state index in [-0.39, 0.29) is 11.8 Å². The monoisotopic (exact) mass is 536 g/mol. The number of anilines is 1. The highest BCUT2D eigenvalue weighted by Gasteiger charge is 2.21. The molecular weight excluding hydrogens is 504 g/mol. The maximum Gasteiger partial charge on any atom is 0.408 e. The summed E-state index contributed by atoms with van der Waals surface area (Å²) in [7, 11) is 1.69. The van der Waals surface area contributed by atoms with Crippen LogP contribution in [0.1, 0.15) is 40.5 Å². The molecule has 0 aliphatic rings. The molecule has 2 rings (SSSR count). The number of nitrogens with zero attached hydrogens (tertiary/aromatic N) is 2. The van der Waals surface area contributed by atoms with E-state index in [9.17, 15) is 14.4 Å². The number of carbonyl (C=O) groups is 3. The summed E-state index contributed by atoms with van der Waals surface area (Å²) < 4.78 is 6.05. The number of pyridine rings is 1. The molecule has 186 valence electrons. The van der Waals surface area contributed by atoms with Crippen molar-refractivity contribution < 1.29 is 19.1 Å². The molecule has 2 atom stereocenters. The number of alkyl carbamates (subject to hydrolysis) is 1. The van der Waals surface area contributed by atoms with Gasteiger partial charge in [0.15, 0.2) is 0 Å². The van der Waals surface area contributed by atoms with Gasteiger partial charge in [-0.25, -0.2) is 9.78 Å². The highest BCUT2D eigenvalue weighted by molar-refractivity contribution is 9.10. The Kier molecular flexibility index (Phi) is 9.63. The molecule has 0 bridgehead atoms. The van der Waals surface area contributed by atoms with Gasteiger partial charge < -0.3 is 21.1 Å². The zero-order valence-electron chi connectivity index (χ0n) is 20.1. The van der Waals surface area contributed by atoms with Crippen molar-refractivity contribution in [1.82, 2.24) is 21.0 Å². The zero-order valence-corrected chi connectivity index (χ0v) is 21.7. The standard InChI is InChI=1S/C23H33BrN6O4/c1-14(27-22(33)34-23(2,3)4)20(31)26-12-6-7-17(25)21(32)29-30(5)19-11-9-15-8-10-16(24)13-18(15)28-19/h8-11,13-14,17H,6-7,12,25H2,1-5H3,(H,26,31)(H,27,33)(H,29,32)/t14-,17-/m0/s1. The molecule has 0 aliphatic heterocycles. The van der Waals surface area contributed by atoms with Crippen LogP contribution in [0.4, 0.5) is 10.6 Å². The van der Waals surface area contributed by atoms with Crippen LogP contribution in [0.3, 0.4) is 0 Å². The molecule has 0 aliphatic carbocycles. The molecular formula is C23H33BrN6O4. The quantitative estimate of drug-likeness (QED) is 0.285. The number of halogens is 1. The predicted molar refractivity (Wildman–Crippen MR) is 135 cm³/mol. The van der Waals surface area contributed by atoms with Crippen LogP contribution >= 0.6 is 15.9 Å². The third-order valence-corrected chi connectivity index (χ3v) is 5.21. The van der Waals surface area contributed by atoms with Crippen LogP contribution in [0.25, 0.3) is 10.9 Å². The molecule has 0 radical (unpaired) electrons. The number of hydrogen-bond acceptors (Lipinski definition) is 7. The van der Waals surface area contributed by atoms with Gasteiger partial charge in [0.25, 0.3) is 5.91 Å². The number of fused-ring (bicyclic) bond motifs is 1. The number of rotatable bonds is 9. The number of nitrogens with one attached hydrogen (secondary N) is 3. The minimum absolute atomic E-state index is 0.317. The molecule has 34 heavy (non-hydrogen) atoms. The number of hydrazine groups is 1. The summed E-state index contributed by atoms with van der Waals surface area (Å²) in [6.45, 7) is 7.11. The van der Waals surface area contributed by atoms with Gasteiger partial charge in [-0.05, 0) is 64.8 Å². The summed E-state index contributed by atoms with van der Waals surface area (Å²) in [5.74, 6) is -0.132. The summed E-state index contributed by atoms with van der Waals surface area (Å²) in [5.41, 5.74) is 8.88. The first-order valence-electron chi connectivity index (χ1n) is 11.0. The number of amides is 3. The number of hydrogen-bond donors (Lipinski definition) is 4. The lowest BCUT2D eigenvalue weighted by atomic mass is 10.1. The molecule has 0 saturated carbocycles. The Morgan fingerprint density at radius 1 is 1.18 bits per heavy atom. The van der Waals surface area contributed by atoms with E-state index in [1.54, 1.807) is 34.7 Å². The van der Waals surface area contributed by atoms with Gasteiger partial charge in [0.2, 0.25) is 5.91 Å². The van der Waals surface area contributed by atoms with E-state index >= 15 is 0 Å². The van der Waals surface area contributed by atoms with E-state index in [0.717, 1.165) is 15.4 Å². The molecule has 0 unspecified atom stereocenters. The van der Waals surface area contributed by atoms with Gasteiger partial charge in [-0.3, -0.25) is 20.0 Å². The first-order chi connectivity index (χ1) is 15.9. The Labute approximate surface area is 208 Å². The van der Waals surface area contributed by atoms with Gasteiger partial charge in [-0.2, -0.15) is 0 Å². The van der Waals surface area contributed by atoms with Crippen LogP contribution in [0.15, 0.2) is 34.8 Å². The Hall–Kier alpha value is -2.92. The summed E-state index contributed by atoms with van der Waals surface area (Å²) >= 11 is 3.43. The predicted octanol–water partition coefficient (Wildman–Crippen LogP) is 2.60. The first-order valence-corrected chi connectivity index (χ1v) is 11.8. The van der Waals surface area contributed by atoms with Gasteiger partial charge >= 0.3 is 6.09 Å². The van der Waals surface area contributed by atoms with Crippen molar-refractivity contribution >= 4 is 50.6 Å². The van der Waals surface area contributed by atoms with E-state index in [4.69, 9.17) is 10.5 Å². The Morgan fingerprint density at radius 3 is 2.53 bits per heavy atom. The van der Waals surface area contributed by atoms with Crippen molar-refractivity contribution in [2.45, 2.75) is 58.2 Å². The van der Waals surface area contributed by atoms with Crippen LogP contribution in [0.2, 0.25) is 0 Å². The summed E-state index contributed by atoms with van der Waals surface area (Å²) in [6, 6.07) is 8.02. The van der Waals surface area contributed by atoms with Gasteiger partial charge in [-0.1, -0.05) is 22.0 Å². The molecule has 0 saturated heterocycles. The minimum Gasteiger partial charge on any atom is -0.444 e. The van der Waals surface area contributed by atoms with E-state index < -0.39 is 23.8 Å². The van der Waals surface area contributed by atoms with E-state index in [0.29, 0.717) is 25.2 Å². The lowest BCUT2D eigenvalue weighted by molar-refractivity contribution is -0.122. The first kappa shape index (κ1) is 27.3. The van der Waals surface area contributed by atoms with E-state index in [2.05, 4.69) is 37.0 Å². The van der Waals surface area contributed by atoms with E-state index in [1.165, 1.54) is 5.01 Å². The number of ether oxygens (including phenoxy) is 1. The minimum atomic E-state index is -0.758. The highest BCUT2D eigenvalue weighted by atomic mass is 79.9. The van der Waals surface area contributed by atoms with Gasteiger partial charge in [-0.15, -0.1) is 0 Å². The van der Waals surface area contributed by atoms with Crippen molar-refractivity contribution in [2.75, 3.05) is 18.6 Å². The molecule has 1 aromatic heterocycles. The normalized spacial score (nSPS) is 13.0. The number of nitrogens with two attached hydrogens (primary N) is 1. The lowest BCUT2D eigenvalue weighted by Gasteiger charge is -2.22. The third-order valence-electron chi connectivity index (χ3n) is 4.72. The second-order valence-corrected chi connectivity index (χ2v) is 9.86. The topological polar surface area (TPSA) is 139 Å². The van der Waals surface area contributed by atoms with Crippen molar-refractivity contribution in [3.8, 4) is 0 Å². The van der Waals surface area contributed by atoms with Gasteiger partial charge in [0.1, 0.15) is 17.5 Å². The average Bonchev–Trinajstić information content (AvgIpc) is 2.74. The fourth-order valence-corrected chi connectivity index (χ4v) is 3.29. The van der Waals surface area contributed by atoms with Gasteiger partial charge in [0, 0.05) is 23.5 Å². The van der Waals surface area contributed by atoms with Crippen molar-refractivity contribution in [2.24, 2.45) is 5.73 Å². The summed E-state index contributed by atoms with van der Waals surface area (Å²) in [6.07, 6.45) is 0.198. The van der Waals surface area contributed by atoms with Crippen molar-refractivity contribution in [3.05, 3.63) is 34.8 Å². The maximum atomic E-state index is 12.5. The second kappa shape index (κ2) is 12.0. The smallest absolute Gasteiger partial charge is 0.408 e. The lowest BCUT2D eigenvalue weighted by Crippen LogP contribution is -2.49. The highest BCUT2D eigenvalue weighted by Crippen LogP contribution is 2.20. The zero-order chi connectivity index (χ0) is 25.5. The number of benzene rings is 1. The van der Waals surface area contributed by atoms with Crippen LogP contribution in [0.5, 0.6) is 0 Å². The number of carbonyl (C=O) groups excluding carboxylic acids is 3. The largest absolute Gasteiger partial charge is 0.444 e. The van der Waals surface area contributed by atoms with Crippen LogP contribution in [0, 0.1) is 0 Å². The summed E-state index contributed by atoms with van der Waals surface area (Å²) in [5, 5.41) is 7.70. The van der Waals surface area contributed by atoms with E-state index in [1.807, 2.05) is 30.3 Å². The second-order valence-electron chi connectivity index (χ2n) is 8.95. The molecule has 5 N–H and O–H groups in total. The molecule has 11 heteroatoms. The van der Waals surface area contributed by atoms with Gasteiger partial charge in [0.05, 0.1) is 11.6 Å². The molecule has 3 amide bonds. The summed E-state index contributed by atoms with van der Waals surface area (Å²) in [4.78, 5) is 40.9. The molecule has 1 heterocycles. The van der Waals surface area contributed by atoms with Crippen LogP contribution in [-0.4, -0.2) is 54.2 Å². The Morgan fingerprint density at radius 2 is 1.85 bits per heavy atom. The molecule has 0 fully saturated rings. The SMILES string of the molecule is C[C@H](NC(=O)OC(C)(C)C)C(=O)NCCC[C@H](N)C(=O)NN(C)c1ccc2ccc(Br)cc2n1. The fraction of sp³-hybridized carbons (Fsp3) is 0.478. The van der Waals surface area contributed by atoms with Crippen molar-refractivity contribution in [3.63, 3.8) is 0 Å². The van der Waals surface area contributed by atoms with Crippen LogP contribution in [-0.2, 0) is 14.3 Å². The van der Waals surface area contributed by atoms with Crippen molar-refractivity contribution in [1.29, 1.82) is 0 Å².